The van der Waals surface area contributed by atoms with Crippen LogP contribution in [0.1, 0.15) is 53.0 Å². The summed E-state index contributed by atoms with van der Waals surface area (Å²) < 4.78 is 0.617. The summed E-state index contributed by atoms with van der Waals surface area (Å²) in [6.07, 6.45) is 2.77. The van der Waals surface area contributed by atoms with Crippen LogP contribution >= 0.6 is 22.6 Å². The van der Waals surface area contributed by atoms with Gasteiger partial charge in [0.25, 0.3) is 5.91 Å². The third kappa shape index (κ3) is 8.53. The van der Waals surface area contributed by atoms with E-state index in [2.05, 4.69) is 5.32 Å². The molecule has 204 valence electrons. The van der Waals surface area contributed by atoms with Crippen molar-refractivity contribution in [3.63, 3.8) is 0 Å². The number of carbonyl (C=O) groups is 4. The molecule has 9 nitrogen and oxygen atoms in total. The van der Waals surface area contributed by atoms with Crippen molar-refractivity contribution in [1.29, 1.82) is 0 Å². The third-order valence-electron chi connectivity index (χ3n) is 6.49. The number of nitrogens with zero attached hydrogens (tertiary/aromatic N) is 2. The van der Waals surface area contributed by atoms with E-state index in [0.29, 0.717) is 16.4 Å². The Hall–Kier alpha value is -2.47. The van der Waals surface area contributed by atoms with Gasteiger partial charge in [0, 0.05) is 19.4 Å². The van der Waals surface area contributed by atoms with Gasteiger partial charge in [-0.3, -0.25) is 24.1 Å². The number of aliphatic hydroxyl groups is 1. The predicted octanol–water partition coefficient (Wildman–Crippen LogP) is 2.62. The highest BCUT2D eigenvalue weighted by Crippen LogP contribution is 2.23. The second-order valence-electron chi connectivity index (χ2n) is 10.2. The van der Waals surface area contributed by atoms with Gasteiger partial charge in [0.05, 0.1) is 9.67 Å². The molecule has 1 aliphatic rings. The topological polar surface area (TPSA) is 127 Å². The molecule has 5 atom stereocenters. The molecule has 1 heterocycles. The molecule has 0 spiro atoms. The standard InChI is InChI=1S/C27H38IN3O6/c1-15(9-16(2)11-18(4)32)10-17(3)26(36)31-14-24(34)30(6)22(25(35)29-19(5)27(31)37)13-20-7-8-23(33)21(28)12-20/h7-9,12,16-19,22,32-33H,10-11,13-14H2,1-6H3,(H,29,35). The first-order valence-corrected chi connectivity index (χ1v) is 13.5. The van der Waals surface area contributed by atoms with Gasteiger partial charge in [-0.05, 0) is 79.8 Å². The predicted molar refractivity (Wildman–Crippen MR) is 148 cm³/mol. The molecule has 5 unspecified atom stereocenters. The average Bonchev–Trinajstić information content (AvgIpc) is 2.82. The fourth-order valence-corrected chi connectivity index (χ4v) is 5.17. The van der Waals surface area contributed by atoms with E-state index in [-0.39, 0.29) is 18.1 Å². The Balaban J connectivity index is 2.23. The lowest BCUT2D eigenvalue weighted by Crippen LogP contribution is -2.51. The largest absolute Gasteiger partial charge is 0.507 e. The van der Waals surface area contributed by atoms with Crippen molar-refractivity contribution < 1.29 is 29.4 Å². The fraction of sp³-hybridized carbons (Fsp3) is 0.556. The maximum Gasteiger partial charge on any atom is 0.251 e. The van der Waals surface area contributed by atoms with Gasteiger partial charge in [0.1, 0.15) is 24.4 Å². The number of carbonyl (C=O) groups excluding carboxylic acids is 4. The number of nitrogens with one attached hydrogen (secondary N) is 1. The molecule has 37 heavy (non-hydrogen) atoms. The zero-order valence-corrected chi connectivity index (χ0v) is 24.5. The van der Waals surface area contributed by atoms with Crippen LogP contribution in [0.4, 0.5) is 0 Å². The van der Waals surface area contributed by atoms with E-state index in [1.54, 1.807) is 26.0 Å². The summed E-state index contributed by atoms with van der Waals surface area (Å²) in [5.41, 5.74) is 1.70. The van der Waals surface area contributed by atoms with Crippen LogP contribution in [0.15, 0.2) is 29.8 Å². The lowest BCUT2D eigenvalue weighted by Gasteiger charge is -2.28. The molecule has 10 heteroatoms. The molecule has 0 aromatic heterocycles. The normalized spacial score (nSPS) is 22.1. The van der Waals surface area contributed by atoms with Gasteiger partial charge < -0.3 is 20.4 Å². The van der Waals surface area contributed by atoms with Gasteiger partial charge in [0.2, 0.25) is 17.7 Å². The number of imide groups is 1. The van der Waals surface area contributed by atoms with Crippen molar-refractivity contribution in [3.8, 4) is 5.75 Å². The van der Waals surface area contributed by atoms with E-state index < -0.39 is 54.3 Å². The number of hydrogen-bond acceptors (Lipinski definition) is 6. The number of amides is 4. The molecule has 1 saturated heterocycles. The highest BCUT2D eigenvalue weighted by atomic mass is 127. The molecule has 2 rings (SSSR count). The molecule has 0 bridgehead atoms. The first kappa shape index (κ1) is 30.8. The Labute approximate surface area is 232 Å². The smallest absolute Gasteiger partial charge is 0.251 e. The Bertz CT molecular complexity index is 1060. The van der Waals surface area contributed by atoms with Crippen LogP contribution in [0.25, 0.3) is 0 Å². The minimum absolute atomic E-state index is 0.123. The fourth-order valence-electron chi connectivity index (χ4n) is 4.59. The molecule has 3 N–H and O–H groups in total. The minimum Gasteiger partial charge on any atom is -0.507 e. The first-order chi connectivity index (χ1) is 17.2. The zero-order chi connectivity index (χ0) is 28.0. The Morgan fingerprint density at radius 2 is 1.89 bits per heavy atom. The van der Waals surface area contributed by atoms with Gasteiger partial charge >= 0.3 is 0 Å². The SMILES string of the molecule is CC(=CC(C)CC(C)O)CC(C)C(=O)N1CC(=O)N(C)C(Cc2ccc(O)c(I)c2)C(=O)NC(C)C1=O. The molecule has 0 aliphatic carbocycles. The number of aliphatic hydroxyl groups excluding tert-OH is 1. The first-order valence-electron chi connectivity index (χ1n) is 12.4. The summed E-state index contributed by atoms with van der Waals surface area (Å²) in [5.74, 6) is -2.42. The molecule has 1 aromatic rings. The number of likely N-dealkylation sites (N-methyl/N-ethyl adjacent to an activating group) is 1. The number of phenols is 1. The number of rotatable bonds is 8. The zero-order valence-electron chi connectivity index (χ0n) is 22.3. The maximum atomic E-state index is 13.3. The Kier molecular flexibility index (Phi) is 11.1. The van der Waals surface area contributed by atoms with Gasteiger partial charge in [0.15, 0.2) is 0 Å². The molecule has 1 fully saturated rings. The minimum atomic E-state index is -0.992. The molecule has 1 aliphatic heterocycles. The number of hydrogen-bond donors (Lipinski definition) is 3. The number of halogens is 1. The Morgan fingerprint density at radius 3 is 2.49 bits per heavy atom. The van der Waals surface area contributed by atoms with Crippen LogP contribution in [-0.2, 0) is 25.6 Å². The highest BCUT2D eigenvalue weighted by molar-refractivity contribution is 14.1. The van der Waals surface area contributed by atoms with Crippen molar-refractivity contribution in [3.05, 3.63) is 39.0 Å². The van der Waals surface area contributed by atoms with Crippen molar-refractivity contribution >= 4 is 46.2 Å². The number of benzene rings is 1. The molecule has 0 saturated carbocycles. The van der Waals surface area contributed by atoms with Crippen molar-refractivity contribution in [2.45, 2.75) is 72.1 Å². The van der Waals surface area contributed by atoms with Gasteiger partial charge in [-0.2, -0.15) is 0 Å². The summed E-state index contributed by atoms with van der Waals surface area (Å²) in [6, 6.07) is 3.06. The molecule has 1 aromatic carbocycles. The second-order valence-corrected chi connectivity index (χ2v) is 11.3. The molecular formula is C27H38IN3O6. The van der Waals surface area contributed by atoms with Crippen LogP contribution in [-0.4, -0.2) is 75.4 Å². The molecule has 4 amide bonds. The number of phenolic OH excluding ortho intramolecular Hbond substituents is 1. The van der Waals surface area contributed by atoms with Crippen LogP contribution in [0.5, 0.6) is 5.75 Å². The van der Waals surface area contributed by atoms with Crippen LogP contribution in [0, 0.1) is 15.4 Å². The lowest BCUT2D eigenvalue weighted by molar-refractivity contribution is -0.152. The molecular weight excluding hydrogens is 589 g/mol. The van der Waals surface area contributed by atoms with E-state index in [0.717, 1.165) is 16.0 Å². The summed E-state index contributed by atoms with van der Waals surface area (Å²) in [5, 5.41) is 22.1. The summed E-state index contributed by atoms with van der Waals surface area (Å²) >= 11 is 1.98. The maximum absolute atomic E-state index is 13.3. The quantitative estimate of drug-likeness (QED) is 0.301. The van der Waals surface area contributed by atoms with E-state index in [1.165, 1.54) is 24.9 Å². The van der Waals surface area contributed by atoms with E-state index >= 15 is 0 Å². The van der Waals surface area contributed by atoms with Gasteiger partial charge in [-0.25, -0.2) is 0 Å². The van der Waals surface area contributed by atoms with Crippen molar-refractivity contribution in [2.75, 3.05) is 13.6 Å². The highest BCUT2D eigenvalue weighted by Gasteiger charge is 2.38. The van der Waals surface area contributed by atoms with Gasteiger partial charge in [-0.15, -0.1) is 0 Å². The second kappa shape index (κ2) is 13.4. The summed E-state index contributed by atoms with van der Waals surface area (Å²) in [6.45, 7) is 8.38. The summed E-state index contributed by atoms with van der Waals surface area (Å²) in [4.78, 5) is 55.0. The third-order valence-corrected chi connectivity index (χ3v) is 7.36. The van der Waals surface area contributed by atoms with E-state index in [9.17, 15) is 29.4 Å². The average molecular weight is 628 g/mol. The number of allylic oxidation sites excluding steroid dienone is 2. The Morgan fingerprint density at radius 1 is 1.24 bits per heavy atom. The summed E-state index contributed by atoms with van der Waals surface area (Å²) in [7, 11) is 1.49. The van der Waals surface area contributed by atoms with Crippen LogP contribution < -0.4 is 5.32 Å². The lowest BCUT2D eigenvalue weighted by atomic mass is 9.95. The molecule has 0 radical (unpaired) electrons. The van der Waals surface area contributed by atoms with Crippen LogP contribution in [0.3, 0.4) is 0 Å². The van der Waals surface area contributed by atoms with Crippen LogP contribution in [0.2, 0.25) is 0 Å². The van der Waals surface area contributed by atoms with Crippen molar-refractivity contribution in [2.24, 2.45) is 11.8 Å². The van der Waals surface area contributed by atoms with E-state index in [1.807, 2.05) is 42.5 Å². The van der Waals surface area contributed by atoms with E-state index in [4.69, 9.17) is 0 Å². The monoisotopic (exact) mass is 627 g/mol. The van der Waals surface area contributed by atoms with Gasteiger partial charge in [-0.1, -0.05) is 31.6 Å². The van der Waals surface area contributed by atoms with Crippen molar-refractivity contribution in [1.82, 2.24) is 15.1 Å². The number of aromatic hydroxyl groups is 1.